The molecular weight excluding hydrogens is 283 g/mol. The summed E-state index contributed by atoms with van der Waals surface area (Å²) in [5.74, 6) is 0.0400. The average molecular weight is 297 g/mol. The monoisotopic (exact) mass is 297 g/mol. The minimum absolute atomic E-state index is 0.157. The van der Waals surface area contributed by atoms with Crippen LogP contribution in [0.2, 0.25) is 0 Å². The van der Waals surface area contributed by atoms with Crippen LogP contribution < -0.4 is 5.32 Å². The summed E-state index contributed by atoms with van der Waals surface area (Å²) < 4.78 is 39.0. The Kier molecular flexibility index (Phi) is 4.02. The molecule has 2 aromatic rings. The molecule has 0 radical (unpaired) electrons. The molecule has 1 amide bonds. The number of nitrogens with one attached hydrogen (secondary N) is 1. The van der Waals surface area contributed by atoms with Crippen molar-refractivity contribution in [3.8, 4) is 0 Å². The second-order valence-electron chi connectivity index (χ2n) is 4.52. The highest BCUT2D eigenvalue weighted by Gasteiger charge is 2.30. The number of aryl methyl sites for hydroxylation is 2. The van der Waals surface area contributed by atoms with E-state index in [1.165, 1.54) is 0 Å². The van der Waals surface area contributed by atoms with Crippen LogP contribution in [0.25, 0.3) is 0 Å². The largest absolute Gasteiger partial charge is 0.416 e. The molecule has 7 heteroatoms. The molecular formula is C14H14F3N3O. The van der Waals surface area contributed by atoms with Crippen molar-refractivity contribution < 1.29 is 18.0 Å². The van der Waals surface area contributed by atoms with Crippen molar-refractivity contribution in [2.75, 3.05) is 5.32 Å². The highest BCUT2D eigenvalue weighted by atomic mass is 19.4. The first-order chi connectivity index (χ1) is 9.81. The maximum atomic E-state index is 12.5. The molecule has 1 aromatic heterocycles. The Balaban J connectivity index is 2.17. The summed E-state index contributed by atoms with van der Waals surface area (Å²) >= 11 is 0. The first-order valence-electron chi connectivity index (χ1n) is 6.34. The van der Waals surface area contributed by atoms with Gasteiger partial charge in [-0.05, 0) is 38.1 Å². The van der Waals surface area contributed by atoms with Crippen LogP contribution in [0.4, 0.5) is 19.0 Å². The molecule has 1 aromatic carbocycles. The van der Waals surface area contributed by atoms with E-state index in [2.05, 4.69) is 10.4 Å². The number of aromatic nitrogens is 2. The zero-order chi connectivity index (χ0) is 15.6. The standard InChI is InChI=1S/C14H14F3N3O/c1-3-20-12(8-9(2)19-20)18-13(21)10-4-6-11(7-5-10)14(15,16)17/h4-8H,3H2,1-2H3,(H,18,21). The second-order valence-corrected chi connectivity index (χ2v) is 4.52. The van der Waals surface area contributed by atoms with Gasteiger partial charge in [0.05, 0.1) is 11.3 Å². The van der Waals surface area contributed by atoms with E-state index in [1.54, 1.807) is 17.7 Å². The minimum atomic E-state index is -4.41. The minimum Gasteiger partial charge on any atom is -0.307 e. The van der Waals surface area contributed by atoms with Gasteiger partial charge in [0.15, 0.2) is 0 Å². The van der Waals surface area contributed by atoms with Crippen LogP contribution in [0, 0.1) is 6.92 Å². The summed E-state index contributed by atoms with van der Waals surface area (Å²) in [7, 11) is 0. The molecule has 0 aliphatic rings. The van der Waals surface area contributed by atoms with Crippen molar-refractivity contribution in [1.82, 2.24) is 9.78 Å². The van der Waals surface area contributed by atoms with Gasteiger partial charge < -0.3 is 5.32 Å². The Labute approximate surface area is 119 Å². The molecule has 0 aliphatic carbocycles. The van der Waals surface area contributed by atoms with Crippen molar-refractivity contribution in [2.45, 2.75) is 26.6 Å². The number of anilines is 1. The van der Waals surface area contributed by atoms with Gasteiger partial charge in [-0.3, -0.25) is 4.79 Å². The normalized spacial score (nSPS) is 11.5. The molecule has 1 heterocycles. The van der Waals surface area contributed by atoms with Gasteiger partial charge in [-0.2, -0.15) is 18.3 Å². The van der Waals surface area contributed by atoms with E-state index in [4.69, 9.17) is 0 Å². The predicted molar refractivity (Wildman–Crippen MR) is 72.0 cm³/mol. The second kappa shape index (κ2) is 5.59. The van der Waals surface area contributed by atoms with Gasteiger partial charge in [-0.1, -0.05) is 0 Å². The van der Waals surface area contributed by atoms with E-state index in [1.807, 2.05) is 6.92 Å². The van der Waals surface area contributed by atoms with Crippen molar-refractivity contribution in [3.63, 3.8) is 0 Å². The first kappa shape index (κ1) is 15.1. The van der Waals surface area contributed by atoms with Gasteiger partial charge in [0.25, 0.3) is 5.91 Å². The number of carbonyl (C=O) groups is 1. The van der Waals surface area contributed by atoms with Gasteiger partial charge in [-0.15, -0.1) is 0 Å². The molecule has 0 spiro atoms. The fourth-order valence-electron chi connectivity index (χ4n) is 1.89. The SMILES string of the molecule is CCn1nc(C)cc1NC(=O)c1ccc(C(F)(F)F)cc1. The predicted octanol–water partition coefficient (Wildman–Crippen LogP) is 3.48. The number of hydrogen-bond donors (Lipinski definition) is 1. The number of hydrogen-bond acceptors (Lipinski definition) is 2. The lowest BCUT2D eigenvalue weighted by atomic mass is 10.1. The zero-order valence-electron chi connectivity index (χ0n) is 11.5. The summed E-state index contributed by atoms with van der Waals surface area (Å²) in [6.07, 6.45) is -4.41. The lowest BCUT2D eigenvalue weighted by molar-refractivity contribution is -0.137. The van der Waals surface area contributed by atoms with Crippen LogP contribution in [0.3, 0.4) is 0 Å². The van der Waals surface area contributed by atoms with E-state index < -0.39 is 17.6 Å². The molecule has 21 heavy (non-hydrogen) atoms. The van der Waals surface area contributed by atoms with Gasteiger partial charge in [0.1, 0.15) is 5.82 Å². The number of amides is 1. The molecule has 0 saturated carbocycles. The first-order valence-corrected chi connectivity index (χ1v) is 6.34. The van der Waals surface area contributed by atoms with Gasteiger partial charge in [0, 0.05) is 18.2 Å². The number of benzene rings is 1. The molecule has 0 aliphatic heterocycles. The van der Waals surface area contributed by atoms with Crippen LogP contribution >= 0.6 is 0 Å². The lowest BCUT2D eigenvalue weighted by Crippen LogP contribution is -2.15. The van der Waals surface area contributed by atoms with E-state index in [0.717, 1.165) is 30.0 Å². The highest BCUT2D eigenvalue weighted by molar-refractivity contribution is 6.03. The summed E-state index contributed by atoms with van der Waals surface area (Å²) in [5, 5.41) is 6.81. The highest BCUT2D eigenvalue weighted by Crippen LogP contribution is 2.29. The number of carbonyl (C=O) groups excluding carboxylic acids is 1. The van der Waals surface area contributed by atoms with Gasteiger partial charge >= 0.3 is 6.18 Å². The van der Waals surface area contributed by atoms with Crippen LogP contribution in [0.1, 0.15) is 28.5 Å². The Morgan fingerprint density at radius 2 is 1.90 bits per heavy atom. The Bertz CT molecular complexity index is 644. The molecule has 0 atom stereocenters. The number of nitrogens with zero attached hydrogens (tertiary/aromatic N) is 2. The lowest BCUT2D eigenvalue weighted by Gasteiger charge is -2.09. The summed E-state index contributed by atoms with van der Waals surface area (Å²) in [5.41, 5.74) is 0.123. The summed E-state index contributed by atoms with van der Waals surface area (Å²) in [6, 6.07) is 5.77. The van der Waals surface area contributed by atoms with Crippen LogP contribution in [0.5, 0.6) is 0 Å². The topological polar surface area (TPSA) is 46.9 Å². The van der Waals surface area contributed by atoms with E-state index in [0.29, 0.717) is 12.4 Å². The van der Waals surface area contributed by atoms with Crippen LogP contribution in [0.15, 0.2) is 30.3 Å². The van der Waals surface area contributed by atoms with E-state index in [9.17, 15) is 18.0 Å². The third kappa shape index (κ3) is 3.42. The summed E-state index contributed by atoms with van der Waals surface area (Å²) in [4.78, 5) is 12.0. The zero-order valence-corrected chi connectivity index (χ0v) is 11.5. The number of rotatable bonds is 3. The summed E-state index contributed by atoms with van der Waals surface area (Å²) in [6.45, 7) is 4.25. The molecule has 0 saturated heterocycles. The number of halogens is 3. The molecule has 0 fully saturated rings. The van der Waals surface area contributed by atoms with Crippen molar-refractivity contribution >= 4 is 11.7 Å². The fourth-order valence-corrected chi connectivity index (χ4v) is 1.89. The van der Waals surface area contributed by atoms with E-state index in [-0.39, 0.29) is 5.56 Å². The van der Waals surface area contributed by atoms with Crippen LogP contribution in [-0.2, 0) is 12.7 Å². The molecule has 0 unspecified atom stereocenters. The average Bonchev–Trinajstić information content (AvgIpc) is 2.78. The molecule has 2 rings (SSSR count). The fraction of sp³-hybridized carbons (Fsp3) is 0.286. The Morgan fingerprint density at radius 3 is 2.43 bits per heavy atom. The van der Waals surface area contributed by atoms with Crippen LogP contribution in [-0.4, -0.2) is 15.7 Å². The smallest absolute Gasteiger partial charge is 0.307 e. The Morgan fingerprint density at radius 1 is 1.29 bits per heavy atom. The number of alkyl halides is 3. The van der Waals surface area contributed by atoms with Gasteiger partial charge in [-0.25, -0.2) is 4.68 Å². The quantitative estimate of drug-likeness (QED) is 0.942. The molecule has 0 bridgehead atoms. The maximum Gasteiger partial charge on any atom is 0.416 e. The third-order valence-electron chi connectivity index (χ3n) is 2.92. The maximum absolute atomic E-state index is 12.5. The van der Waals surface area contributed by atoms with Crippen molar-refractivity contribution in [2.24, 2.45) is 0 Å². The third-order valence-corrected chi connectivity index (χ3v) is 2.92. The van der Waals surface area contributed by atoms with E-state index >= 15 is 0 Å². The van der Waals surface area contributed by atoms with Gasteiger partial charge in [0.2, 0.25) is 0 Å². The molecule has 4 nitrogen and oxygen atoms in total. The molecule has 1 N–H and O–H groups in total. The van der Waals surface area contributed by atoms with Crippen molar-refractivity contribution in [1.29, 1.82) is 0 Å². The Hall–Kier alpha value is -2.31. The van der Waals surface area contributed by atoms with Crippen molar-refractivity contribution in [3.05, 3.63) is 47.2 Å². The molecule has 112 valence electrons.